The average molecular weight is 278 g/mol. The number of benzene rings is 1. The van der Waals surface area contributed by atoms with E-state index in [2.05, 4.69) is 16.1 Å². The van der Waals surface area contributed by atoms with E-state index in [1.54, 1.807) is 24.3 Å². The molecule has 6 heteroatoms. The van der Waals surface area contributed by atoms with Crippen molar-refractivity contribution in [1.29, 1.82) is 0 Å². The van der Waals surface area contributed by atoms with Crippen molar-refractivity contribution in [2.24, 2.45) is 11.8 Å². The number of hydrogen-bond donors (Lipinski definition) is 4. The van der Waals surface area contributed by atoms with Crippen LogP contribution in [0.25, 0.3) is 0 Å². The Morgan fingerprint density at radius 1 is 1.15 bits per heavy atom. The van der Waals surface area contributed by atoms with Crippen LogP contribution in [0.4, 0.5) is 5.69 Å². The normalized spacial score (nSPS) is 10.2. The number of amides is 2. The molecule has 0 bridgehead atoms. The Bertz CT molecular complexity index is 443. The van der Waals surface area contributed by atoms with E-state index in [4.69, 9.17) is 5.84 Å². The highest BCUT2D eigenvalue weighted by atomic mass is 16.2. The maximum atomic E-state index is 11.8. The van der Waals surface area contributed by atoms with Gasteiger partial charge in [-0.1, -0.05) is 13.8 Å². The lowest BCUT2D eigenvalue weighted by molar-refractivity contribution is -0.121. The van der Waals surface area contributed by atoms with E-state index in [1.165, 1.54) is 0 Å². The molecule has 20 heavy (non-hydrogen) atoms. The van der Waals surface area contributed by atoms with Crippen LogP contribution in [-0.2, 0) is 4.79 Å². The second-order valence-electron chi connectivity index (χ2n) is 4.93. The molecule has 5 N–H and O–H groups in total. The minimum absolute atomic E-state index is 0.0540. The molecule has 0 spiro atoms. The molecule has 0 heterocycles. The van der Waals surface area contributed by atoms with Gasteiger partial charge in [0.2, 0.25) is 5.91 Å². The van der Waals surface area contributed by atoms with Crippen molar-refractivity contribution in [3.05, 3.63) is 29.8 Å². The summed E-state index contributed by atoms with van der Waals surface area (Å²) in [6, 6.07) is 6.77. The fourth-order valence-corrected chi connectivity index (χ4v) is 1.52. The van der Waals surface area contributed by atoms with Gasteiger partial charge in [-0.3, -0.25) is 15.4 Å². The summed E-state index contributed by atoms with van der Waals surface area (Å²) in [5.41, 5.74) is 3.75. The molecule has 6 nitrogen and oxygen atoms in total. The second-order valence-corrected chi connectivity index (χ2v) is 4.93. The van der Waals surface area contributed by atoms with Gasteiger partial charge in [-0.05, 0) is 30.2 Å². The van der Waals surface area contributed by atoms with Crippen LogP contribution in [0, 0.1) is 5.92 Å². The molecule has 0 saturated heterocycles. The number of hydrazine groups is 1. The van der Waals surface area contributed by atoms with E-state index in [0.717, 1.165) is 5.69 Å². The van der Waals surface area contributed by atoms with E-state index in [-0.39, 0.29) is 18.2 Å². The van der Waals surface area contributed by atoms with Crippen molar-refractivity contribution >= 4 is 17.5 Å². The lowest BCUT2D eigenvalue weighted by Crippen LogP contribution is -2.32. The first-order valence-corrected chi connectivity index (χ1v) is 6.64. The van der Waals surface area contributed by atoms with Crippen LogP contribution in [-0.4, -0.2) is 24.9 Å². The number of carbonyl (C=O) groups excluding carboxylic acids is 2. The number of anilines is 1. The minimum Gasteiger partial charge on any atom is -0.356 e. The zero-order valence-corrected chi connectivity index (χ0v) is 11.9. The minimum atomic E-state index is -0.203. The largest absolute Gasteiger partial charge is 0.356 e. The highest BCUT2D eigenvalue weighted by molar-refractivity contribution is 5.94. The first kappa shape index (κ1) is 16.0. The van der Waals surface area contributed by atoms with E-state index in [0.29, 0.717) is 24.6 Å². The topological polar surface area (TPSA) is 96.2 Å². The van der Waals surface area contributed by atoms with E-state index in [9.17, 15) is 9.59 Å². The van der Waals surface area contributed by atoms with Crippen LogP contribution < -0.4 is 21.9 Å². The lowest BCUT2D eigenvalue weighted by atomic mass is 10.2. The molecule has 110 valence electrons. The molecule has 0 fully saturated rings. The molecule has 0 aliphatic heterocycles. The molecule has 0 aliphatic rings. The number of rotatable bonds is 7. The van der Waals surface area contributed by atoms with Gasteiger partial charge in [0.1, 0.15) is 0 Å². The van der Waals surface area contributed by atoms with Crippen molar-refractivity contribution < 1.29 is 9.59 Å². The monoisotopic (exact) mass is 278 g/mol. The van der Waals surface area contributed by atoms with Crippen molar-refractivity contribution in [2.75, 3.05) is 18.5 Å². The first-order valence-electron chi connectivity index (χ1n) is 6.64. The summed E-state index contributed by atoms with van der Waals surface area (Å²) in [5, 5.41) is 5.50. The Kier molecular flexibility index (Phi) is 6.52. The molecule has 0 atom stereocenters. The molecular formula is C14H22N4O2. The Morgan fingerprint density at radius 2 is 1.80 bits per heavy atom. The predicted molar refractivity (Wildman–Crippen MR) is 79.1 cm³/mol. The summed E-state index contributed by atoms with van der Waals surface area (Å²) in [6.45, 7) is 5.03. The second kappa shape index (κ2) is 8.16. The van der Waals surface area contributed by atoms with Gasteiger partial charge in [0, 0.05) is 30.8 Å². The van der Waals surface area contributed by atoms with Gasteiger partial charge in [0.05, 0.1) is 0 Å². The molecule has 1 rings (SSSR count). The van der Waals surface area contributed by atoms with E-state index >= 15 is 0 Å². The quantitative estimate of drug-likeness (QED) is 0.439. The number of nitrogens with two attached hydrogens (primary N) is 1. The smallest absolute Gasteiger partial charge is 0.251 e. The van der Waals surface area contributed by atoms with E-state index < -0.39 is 0 Å². The van der Waals surface area contributed by atoms with Crippen LogP contribution in [0.1, 0.15) is 30.6 Å². The van der Waals surface area contributed by atoms with Crippen LogP contribution in [0.15, 0.2) is 24.3 Å². The summed E-state index contributed by atoms with van der Waals surface area (Å²) in [7, 11) is 0. The molecule has 0 aromatic heterocycles. The fourth-order valence-electron chi connectivity index (χ4n) is 1.52. The van der Waals surface area contributed by atoms with E-state index in [1.807, 2.05) is 13.8 Å². The van der Waals surface area contributed by atoms with Crippen LogP contribution in [0.3, 0.4) is 0 Å². The van der Waals surface area contributed by atoms with Gasteiger partial charge in [-0.2, -0.15) is 0 Å². The zero-order valence-electron chi connectivity index (χ0n) is 11.9. The molecule has 1 aromatic carbocycles. The highest BCUT2D eigenvalue weighted by Gasteiger charge is 2.06. The SMILES string of the molecule is CC(C)CNC(=O)CCNC(=O)c1ccc(NN)cc1. The van der Waals surface area contributed by atoms with Gasteiger partial charge in [-0.25, -0.2) is 0 Å². The molecule has 0 unspecified atom stereocenters. The van der Waals surface area contributed by atoms with Gasteiger partial charge >= 0.3 is 0 Å². The van der Waals surface area contributed by atoms with Crippen molar-refractivity contribution in [2.45, 2.75) is 20.3 Å². The van der Waals surface area contributed by atoms with Crippen LogP contribution in [0.2, 0.25) is 0 Å². The Hall–Kier alpha value is -2.08. The van der Waals surface area contributed by atoms with Crippen LogP contribution >= 0.6 is 0 Å². The number of nitrogens with one attached hydrogen (secondary N) is 3. The standard InChI is InChI=1S/C14H22N4O2/c1-10(2)9-17-13(19)7-8-16-14(20)11-3-5-12(18-15)6-4-11/h3-6,10,18H,7-9,15H2,1-2H3,(H,16,20)(H,17,19). The summed E-state index contributed by atoms with van der Waals surface area (Å²) in [4.78, 5) is 23.3. The third-order valence-electron chi connectivity index (χ3n) is 2.66. The summed E-state index contributed by atoms with van der Waals surface area (Å²) in [6.07, 6.45) is 0.279. The number of nitrogen functional groups attached to an aromatic ring is 1. The van der Waals surface area contributed by atoms with Crippen LogP contribution in [0.5, 0.6) is 0 Å². The zero-order chi connectivity index (χ0) is 15.0. The van der Waals surface area contributed by atoms with Gasteiger partial charge < -0.3 is 16.1 Å². The Morgan fingerprint density at radius 3 is 2.35 bits per heavy atom. The highest BCUT2D eigenvalue weighted by Crippen LogP contribution is 2.07. The Balaban J connectivity index is 2.30. The molecule has 0 aliphatic carbocycles. The fraction of sp³-hybridized carbons (Fsp3) is 0.429. The van der Waals surface area contributed by atoms with Crippen molar-refractivity contribution in [3.63, 3.8) is 0 Å². The Labute approximate surface area is 119 Å². The predicted octanol–water partition coefficient (Wildman–Crippen LogP) is 0.864. The molecule has 0 radical (unpaired) electrons. The number of carbonyl (C=O) groups is 2. The van der Waals surface area contributed by atoms with Gasteiger partial charge in [0.15, 0.2) is 0 Å². The average Bonchev–Trinajstić information content (AvgIpc) is 2.45. The van der Waals surface area contributed by atoms with Gasteiger partial charge in [-0.15, -0.1) is 0 Å². The molecule has 2 amide bonds. The summed E-state index contributed by atoms with van der Waals surface area (Å²) in [5.74, 6) is 5.41. The third-order valence-corrected chi connectivity index (χ3v) is 2.66. The summed E-state index contributed by atoms with van der Waals surface area (Å²) >= 11 is 0. The molecular weight excluding hydrogens is 256 g/mol. The van der Waals surface area contributed by atoms with Gasteiger partial charge in [0.25, 0.3) is 5.91 Å². The molecule has 0 saturated carbocycles. The van der Waals surface area contributed by atoms with Crippen molar-refractivity contribution in [3.8, 4) is 0 Å². The maximum Gasteiger partial charge on any atom is 0.251 e. The summed E-state index contributed by atoms with van der Waals surface area (Å²) < 4.78 is 0. The lowest BCUT2D eigenvalue weighted by Gasteiger charge is -2.08. The third kappa shape index (κ3) is 5.71. The first-order chi connectivity index (χ1) is 9.52. The number of hydrogen-bond acceptors (Lipinski definition) is 4. The maximum absolute atomic E-state index is 11.8. The molecule has 1 aromatic rings. The van der Waals surface area contributed by atoms with Crippen molar-refractivity contribution in [1.82, 2.24) is 10.6 Å².